The topological polar surface area (TPSA) is 131 Å². The zero-order valence-corrected chi connectivity index (χ0v) is 20.9. The maximum absolute atomic E-state index is 12.4. The molecular weight excluding hydrogens is 488 g/mol. The van der Waals surface area contributed by atoms with E-state index in [4.69, 9.17) is 9.47 Å². The van der Waals surface area contributed by atoms with Crippen LogP contribution < -0.4 is 14.8 Å². The molecule has 0 radical (unpaired) electrons. The average molecular weight is 513 g/mol. The van der Waals surface area contributed by atoms with Crippen molar-refractivity contribution in [2.24, 2.45) is 0 Å². The van der Waals surface area contributed by atoms with Crippen LogP contribution in [0.25, 0.3) is 6.08 Å². The summed E-state index contributed by atoms with van der Waals surface area (Å²) < 4.78 is 34.9. The van der Waals surface area contributed by atoms with E-state index in [9.17, 15) is 18.5 Å². The zero-order chi connectivity index (χ0) is 25.3. The van der Waals surface area contributed by atoms with Gasteiger partial charge >= 0.3 is 0 Å². The lowest BCUT2D eigenvalue weighted by atomic mass is 10.1. The molecule has 0 aliphatic rings. The van der Waals surface area contributed by atoms with Gasteiger partial charge in [0.05, 0.1) is 19.0 Å². The number of nitrogens with zero attached hydrogens (tertiary/aromatic N) is 3. The van der Waals surface area contributed by atoms with Crippen molar-refractivity contribution < 1.29 is 22.7 Å². The Morgan fingerprint density at radius 2 is 1.83 bits per heavy atom. The Morgan fingerprint density at radius 1 is 1.11 bits per heavy atom. The summed E-state index contributed by atoms with van der Waals surface area (Å²) in [6, 6.07) is 16.6. The van der Waals surface area contributed by atoms with E-state index in [1.54, 1.807) is 24.3 Å². The molecule has 3 rings (SSSR count). The predicted molar refractivity (Wildman–Crippen MR) is 133 cm³/mol. The lowest BCUT2D eigenvalue weighted by molar-refractivity contribution is -0.112. The van der Waals surface area contributed by atoms with Gasteiger partial charge in [-0.15, -0.1) is 10.2 Å². The smallest absolute Gasteiger partial charge is 0.268 e. The average Bonchev–Trinajstić information content (AvgIpc) is 3.32. The van der Waals surface area contributed by atoms with Crippen LogP contribution in [0.1, 0.15) is 24.5 Å². The Kier molecular flexibility index (Phi) is 8.94. The van der Waals surface area contributed by atoms with E-state index in [1.165, 1.54) is 13.0 Å². The first-order valence-electron chi connectivity index (χ1n) is 10.7. The van der Waals surface area contributed by atoms with Crippen molar-refractivity contribution >= 4 is 38.3 Å². The molecular formula is C24H24N4O5S2. The van der Waals surface area contributed by atoms with Crippen LogP contribution in [-0.2, 0) is 14.6 Å². The summed E-state index contributed by atoms with van der Waals surface area (Å²) in [6.45, 7) is 4.51. The van der Waals surface area contributed by atoms with E-state index in [0.29, 0.717) is 30.9 Å². The van der Waals surface area contributed by atoms with E-state index in [1.807, 2.05) is 37.3 Å². The van der Waals surface area contributed by atoms with Gasteiger partial charge in [0, 0.05) is 6.42 Å². The van der Waals surface area contributed by atoms with Crippen LogP contribution >= 0.6 is 11.3 Å². The molecule has 182 valence electrons. The van der Waals surface area contributed by atoms with E-state index in [2.05, 4.69) is 15.5 Å². The number of sulfone groups is 1. The molecule has 11 heteroatoms. The van der Waals surface area contributed by atoms with Crippen molar-refractivity contribution in [3.63, 3.8) is 0 Å². The first-order valence-corrected chi connectivity index (χ1v) is 13.2. The summed E-state index contributed by atoms with van der Waals surface area (Å²) in [7, 11) is -3.52. The van der Waals surface area contributed by atoms with Crippen LogP contribution in [0.2, 0.25) is 0 Å². The molecule has 0 atom stereocenters. The van der Waals surface area contributed by atoms with Gasteiger partial charge in [-0.1, -0.05) is 42.5 Å². The Labute approximate surface area is 208 Å². The van der Waals surface area contributed by atoms with Crippen molar-refractivity contribution in [2.45, 2.75) is 24.6 Å². The minimum absolute atomic E-state index is 0.00157. The molecule has 35 heavy (non-hydrogen) atoms. The van der Waals surface area contributed by atoms with E-state index in [0.717, 1.165) is 22.6 Å². The molecule has 1 aromatic heterocycles. The number of hydrogen-bond acceptors (Lipinski definition) is 9. The standard InChI is InChI=1S/C24H24N4O5S2/c1-3-35(30,31)24-28-27-23(34-24)26-22(29)19(16-25)15-18-8-10-20(11-9-18)32-12-5-13-33-21-7-4-6-17(2)14-21/h4,6-11,14-15H,3,5,12-13H2,1-2H3,(H,26,27,29). The van der Waals surface area contributed by atoms with Crippen LogP contribution in [-0.4, -0.2) is 43.5 Å². The third-order valence-corrected chi connectivity index (χ3v) is 7.66. The number of aryl methyl sites for hydroxylation is 1. The molecule has 9 nitrogen and oxygen atoms in total. The molecule has 0 spiro atoms. The second-order valence-electron chi connectivity index (χ2n) is 7.34. The molecule has 1 N–H and O–H groups in total. The Bertz CT molecular complexity index is 1340. The number of nitrogens with one attached hydrogen (secondary N) is 1. The predicted octanol–water partition coefficient (Wildman–Crippen LogP) is 4.03. The quantitative estimate of drug-likeness (QED) is 0.176. The largest absolute Gasteiger partial charge is 0.493 e. The van der Waals surface area contributed by atoms with Gasteiger partial charge < -0.3 is 9.47 Å². The van der Waals surface area contributed by atoms with Crippen molar-refractivity contribution in [1.82, 2.24) is 10.2 Å². The minimum atomic E-state index is -3.52. The number of ether oxygens (including phenoxy) is 2. The van der Waals surface area contributed by atoms with Gasteiger partial charge in [-0.05, 0) is 48.4 Å². The van der Waals surface area contributed by atoms with Gasteiger partial charge in [-0.2, -0.15) is 5.26 Å². The van der Waals surface area contributed by atoms with Crippen molar-refractivity contribution in [2.75, 3.05) is 24.3 Å². The van der Waals surface area contributed by atoms with Crippen LogP contribution in [0.3, 0.4) is 0 Å². The number of carbonyl (C=O) groups is 1. The van der Waals surface area contributed by atoms with Crippen molar-refractivity contribution in [3.8, 4) is 17.6 Å². The lowest BCUT2D eigenvalue weighted by Crippen LogP contribution is -2.13. The second-order valence-corrected chi connectivity index (χ2v) is 10.8. The molecule has 1 heterocycles. The Balaban J connectivity index is 1.51. The fraction of sp³-hybridized carbons (Fsp3) is 0.250. The summed E-state index contributed by atoms with van der Waals surface area (Å²) >= 11 is 0.735. The number of amides is 1. The third kappa shape index (κ3) is 7.63. The van der Waals surface area contributed by atoms with Crippen LogP contribution in [0.15, 0.2) is 58.4 Å². The van der Waals surface area contributed by atoms with Gasteiger partial charge in [0.15, 0.2) is 0 Å². The van der Waals surface area contributed by atoms with Gasteiger partial charge in [0.2, 0.25) is 19.3 Å². The maximum atomic E-state index is 12.4. The number of rotatable bonds is 11. The van der Waals surface area contributed by atoms with Crippen LogP contribution in [0, 0.1) is 18.3 Å². The highest BCUT2D eigenvalue weighted by atomic mass is 32.2. The number of anilines is 1. The number of hydrogen-bond donors (Lipinski definition) is 1. The molecule has 0 fully saturated rings. The van der Waals surface area contributed by atoms with Gasteiger partial charge in [-0.3, -0.25) is 10.1 Å². The van der Waals surface area contributed by atoms with E-state index < -0.39 is 15.7 Å². The van der Waals surface area contributed by atoms with Gasteiger partial charge in [0.25, 0.3) is 5.91 Å². The molecule has 0 aliphatic carbocycles. The summed E-state index contributed by atoms with van der Waals surface area (Å²) in [6.07, 6.45) is 2.13. The fourth-order valence-corrected chi connectivity index (χ4v) is 4.78. The summed E-state index contributed by atoms with van der Waals surface area (Å²) in [4.78, 5) is 12.4. The first-order chi connectivity index (χ1) is 16.8. The molecule has 0 saturated heterocycles. The highest BCUT2D eigenvalue weighted by Crippen LogP contribution is 2.22. The lowest BCUT2D eigenvalue weighted by Gasteiger charge is -2.09. The van der Waals surface area contributed by atoms with Crippen LogP contribution in [0.5, 0.6) is 11.5 Å². The van der Waals surface area contributed by atoms with Gasteiger partial charge in [-0.25, -0.2) is 8.42 Å². The Morgan fingerprint density at radius 3 is 2.49 bits per heavy atom. The van der Waals surface area contributed by atoms with Crippen LogP contribution in [0.4, 0.5) is 5.13 Å². The third-order valence-electron chi connectivity index (χ3n) is 4.64. The van der Waals surface area contributed by atoms with Gasteiger partial charge in [0.1, 0.15) is 23.1 Å². The summed E-state index contributed by atoms with van der Waals surface area (Å²) in [5, 5.41) is 19.0. The summed E-state index contributed by atoms with van der Waals surface area (Å²) in [5.41, 5.74) is 1.60. The monoisotopic (exact) mass is 512 g/mol. The second kappa shape index (κ2) is 12.1. The van der Waals surface area contributed by atoms with Crippen molar-refractivity contribution in [3.05, 3.63) is 65.2 Å². The van der Waals surface area contributed by atoms with E-state index >= 15 is 0 Å². The highest BCUT2D eigenvalue weighted by Gasteiger charge is 2.19. The van der Waals surface area contributed by atoms with Crippen molar-refractivity contribution in [1.29, 1.82) is 5.26 Å². The molecule has 0 unspecified atom stereocenters. The first kappa shape index (κ1) is 25.9. The molecule has 0 aliphatic heterocycles. The maximum Gasteiger partial charge on any atom is 0.268 e. The Hall–Kier alpha value is -3.75. The minimum Gasteiger partial charge on any atom is -0.493 e. The van der Waals surface area contributed by atoms with E-state index in [-0.39, 0.29) is 20.8 Å². The zero-order valence-electron chi connectivity index (χ0n) is 19.2. The molecule has 0 saturated carbocycles. The summed E-state index contributed by atoms with van der Waals surface area (Å²) in [5.74, 6) is 0.646. The fourth-order valence-electron chi connectivity index (χ4n) is 2.79. The molecule has 0 bridgehead atoms. The highest BCUT2D eigenvalue weighted by molar-refractivity contribution is 7.93. The normalized spacial score (nSPS) is 11.5. The number of carbonyl (C=O) groups excluding carboxylic acids is 1. The molecule has 3 aromatic rings. The molecule has 2 aromatic carbocycles. The SMILES string of the molecule is CCS(=O)(=O)c1nnc(NC(=O)C(C#N)=Cc2ccc(OCCCOc3cccc(C)c3)cc2)s1. The number of aromatic nitrogens is 2. The number of benzene rings is 2. The number of nitriles is 1. The molecule has 1 amide bonds.